The molecule has 0 bridgehead atoms. The van der Waals surface area contributed by atoms with Gasteiger partial charge in [0.05, 0.1) is 0 Å². The van der Waals surface area contributed by atoms with Gasteiger partial charge in [-0.3, -0.25) is 0 Å². The van der Waals surface area contributed by atoms with Gasteiger partial charge in [0.1, 0.15) is 0 Å². The van der Waals surface area contributed by atoms with Crippen LogP contribution in [0, 0.1) is 0 Å². The Labute approximate surface area is 192 Å². The van der Waals surface area contributed by atoms with Crippen molar-refractivity contribution < 1.29 is 21.9 Å². The third-order valence-electron chi connectivity index (χ3n) is 4.11. The van der Waals surface area contributed by atoms with E-state index in [1.807, 2.05) is 0 Å². The van der Waals surface area contributed by atoms with Gasteiger partial charge in [-0.05, 0) is 0 Å². The van der Waals surface area contributed by atoms with E-state index in [0.717, 1.165) is 11.5 Å². The quantitative estimate of drug-likeness (QED) is 0.314. The number of halogens is 1. The van der Waals surface area contributed by atoms with Crippen LogP contribution in [0.15, 0.2) is 48.5 Å². The van der Waals surface area contributed by atoms with Crippen molar-refractivity contribution in [3.8, 4) is 11.5 Å². The molecule has 7 heteroatoms. The molecular formula is C22H37ClCrO2PSi2. The van der Waals surface area contributed by atoms with Crippen molar-refractivity contribution in [1.82, 2.24) is 0 Å². The minimum absolute atomic E-state index is 0. The van der Waals surface area contributed by atoms with Gasteiger partial charge in [-0.25, -0.2) is 0 Å². The Morgan fingerprint density at radius 1 is 0.690 bits per heavy atom. The summed E-state index contributed by atoms with van der Waals surface area (Å²) in [5.41, 5.74) is 0. The van der Waals surface area contributed by atoms with Crippen LogP contribution >= 0.6 is 19.6 Å². The molecule has 0 saturated carbocycles. The fraction of sp³-hybridized carbons (Fsp3) is 0.455. The van der Waals surface area contributed by atoms with Crippen LogP contribution < -0.4 is 18.0 Å². The summed E-state index contributed by atoms with van der Waals surface area (Å²) in [7, 11) is -2.32. The molecule has 0 aromatic heterocycles. The van der Waals surface area contributed by atoms with Crippen molar-refractivity contribution in [2.45, 2.75) is 65.2 Å². The SMILES string of the molecule is CC(C)(C)[PH][Cr]([O]c1ccccc1[Si](C)(C)C)[O]c1ccccc1[Si](C)(C)C.Cl. The molecule has 1 atom stereocenters. The second-order valence-electron chi connectivity index (χ2n) is 10.2. The maximum atomic E-state index is 6.69. The monoisotopic (exact) mass is 507 g/mol. The Morgan fingerprint density at radius 3 is 1.34 bits per heavy atom. The summed E-state index contributed by atoms with van der Waals surface area (Å²) in [4.78, 5) is 0. The Bertz CT molecular complexity index is 739. The third kappa shape index (κ3) is 8.40. The Balaban J connectivity index is 0.00000420. The van der Waals surface area contributed by atoms with Crippen molar-refractivity contribution >= 4 is 46.2 Å². The number of benzene rings is 2. The van der Waals surface area contributed by atoms with E-state index in [9.17, 15) is 0 Å². The van der Waals surface area contributed by atoms with Gasteiger partial charge in [0.2, 0.25) is 0 Å². The van der Waals surface area contributed by atoms with Crippen molar-refractivity contribution in [2.24, 2.45) is 0 Å². The summed E-state index contributed by atoms with van der Waals surface area (Å²) in [6, 6.07) is 17.2. The van der Waals surface area contributed by atoms with Gasteiger partial charge in [-0.1, -0.05) is 0 Å². The molecule has 2 aromatic rings. The maximum Gasteiger partial charge on any atom is -0.147 e. The van der Waals surface area contributed by atoms with Crippen molar-refractivity contribution in [1.29, 1.82) is 0 Å². The largest absolute Gasteiger partial charge is 0.147 e. The molecule has 2 rings (SSSR count). The van der Waals surface area contributed by atoms with Gasteiger partial charge in [-0.15, -0.1) is 12.4 Å². The van der Waals surface area contributed by atoms with Crippen molar-refractivity contribution in [3.05, 3.63) is 48.5 Å². The predicted octanol–water partition coefficient (Wildman–Crippen LogP) is 6.50. The molecule has 29 heavy (non-hydrogen) atoms. The molecule has 2 nitrogen and oxygen atoms in total. The Kier molecular flexibility index (Phi) is 9.56. The summed E-state index contributed by atoms with van der Waals surface area (Å²) >= 11 is -1.77. The molecule has 0 aliphatic rings. The molecule has 0 aliphatic carbocycles. The number of rotatable bonds is 7. The van der Waals surface area contributed by atoms with Crippen LogP contribution in [0.25, 0.3) is 0 Å². The van der Waals surface area contributed by atoms with Crippen LogP contribution in [0.2, 0.25) is 39.3 Å². The number of hydrogen-bond donors (Lipinski definition) is 0. The first-order valence-corrected chi connectivity index (χ1v) is 20.7. The molecule has 1 unspecified atom stereocenters. The van der Waals surface area contributed by atoms with Gasteiger partial charge >= 0.3 is 181 Å². The third-order valence-corrected chi connectivity index (χ3v) is 14.3. The summed E-state index contributed by atoms with van der Waals surface area (Å²) in [5.74, 6) is 2.07. The molecule has 0 fully saturated rings. The average Bonchev–Trinajstić information content (AvgIpc) is 2.52. The molecular weight excluding hydrogens is 471 g/mol. The molecule has 2 aromatic carbocycles. The van der Waals surface area contributed by atoms with Crippen molar-refractivity contribution in [2.75, 3.05) is 0 Å². The zero-order chi connectivity index (χ0) is 21.2. The molecule has 0 amide bonds. The molecule has 0 spiro atoms. The standard InChI is InChI=1S/2C9H14OSi.C4H10P.ClH.Cr/c2*1-11(2,3)9-7-5-4-6-8(9)10;1-4(2,3)5;;/h2*4-7,10H,1-3H3;5H,1-3H3;1H;/q;;-1;;+3/p-2. The van der Waals surface area contributed by atoms with Crippen LogP contribution in [-0.2, 0) is 14.4 Å². The molecule has 163 valence electrons. The number of hydrogen-bond acceptors (Lipinski definition) is 2. The summed E-state index contributed by atoms with van der Waals surface area (Å²) in [5, 5.41) is 2.95. The van der Waals surface area contributed by atoms with E-state index in [1.54, 1.807) is 0 Å². The first-order chi connectivity index (χ1) is 12.8. The molecule has 0 radical (unpaired) electrons. The van der Waals surface area contributed by atoms with E-state index in [0.29, 0.717) is 7.23 Å². The van der Waals surface area contributed by atoms with E-state index >= 15 is 0 Å². The second-order valence-corrected chi connectivity index (χ2v) is 25.6. The van der Waals surface area contributed by atoms with Gasteiger partial charge < -0.3 is 0 Å². The minimum atomic E-state index is -1.77. The summed E-state index contributed by atoms with van der Waals surface area (Å²) < 4.78 is 13.4. The van der Waals surface area contributed by atoms with E-state index in [2.05, 4.69) is 109 Å². The Morgan fingerprint density at radius 2 is 1.03 bits per heavy atom. The normalized spacial score (nSPS) is 12.9. The molecule has 0 aliphatic heterocycles. The first kappa shape index (κ1) is 26.8. The van der Waals surface area contributed by atoms with Gasteiger partial charge in [-0.2, -0.15) is 0 Å². The maximum absolute atomic E-state index is 6.69. The molecule has 0 N–H and O–H groups in total. The second kappa shape index (κ2) is 10.4. The van der Waals surface area contributed by atoms with Gasteiger partial charge in [0.15, 0.2) is 0 Å². The van der Waals surface area contributed by atoms with Crippen LogP contribution in [0.5, 0.6) is 11.5 Å². The topological polar surface area (TPSA) is 18.5 Å². The fourth-order valence-electron chi connectivity index (χ4n) is 2.79. The zero-order valence-electron chi connectivity index (χ0n) is 19.3. The molecule has 0 heterocycles. The summed E-state index contributed by atoms with van der Waals surface area (Å²) in [6.07, 6.45) is 0. The van der Waals surface area contributed by atoms with Crippen LogP contribution in [0.3, 0.4) is 0 Å². The first-order valence-electron chi connectivity index (χ1n) is 9.85. The van der Waals surface area contributed by atoms with Crippen LogP contribution in [0.4, 0.5) is 0 Å². The van der Waals surface area contributed by atoms with E-state index in [4.69, 9.17) is 7.58 Å². The fourth-order valence-corrected chi connectivity index (χ4v) is 11.0. The van der Waals surface area contributed by atoms with Gasteiger partial charge in [0, 0.05) is 0 Å². The zero-order valence-corrected chi connectivity index (χ0v) is 24.3. The van der Waals surface area contributed by atoms with Crippen LogP contribution in [0.1, 0.15) is 20.8 Å². The van der Waals surface area contributed by atoms with Crippen LogP contribution in [-0.4, -0.2) is 21.3 Å². The van der Waals surface area contributed by atoms with E-state index < -0.39 is 30.5 Å². The average molecular weight is 508 g/mol. The molecule has 0 saturated heterocycles. The number of para-hydroxylation sites is 2. The smallest absolute Gasteiger partial charge is 0.147 e. The van der Waals surface area contributed by atoms with Crippen molar-refractivity contribution in [3.63, 3.8) is 0 Å². The Hall–Kier alpha value is -0.274. The van der Waals surface area contributed by atoms with E-state index in [-0.39, 0.29) is 17.6 Å². The predicted molar refractivity (Wildman–Crippen MR) is 135 cm³/mol. The van der Waals surface area contributed by atoms with Gasteiger partial charge in [0.25, 0.3) is 0 Å². The minimum Gasteiger partial charge on any atom is -0.147 e. The van der Waals surface area contributed by atoms with E-state index in [1.165, 1.54) is 10.4 Å². The summed E-state index contributed by atoms with van der Waals surface area (Å²) in [6.45, 7) is 21.1.